The van der Waals surface area contributed by atoms with E-state index in [0.29, 0.717) is 13.0 Å². The molecular formula is C27H45FO6. The first-order valence-corrected chi connectivity index (χ1v) is 13.6. The first-order valence-electron chi connectivity index (χ1n) is 13.6. The molecular weight excluding hydrogens is 439 g/mol. The van der Waals surface area contributed by atoms with Crippen molar-refractivity contribution in [2.75, 3.05) is 13.2 Å². The van der Waals surface area contributed by atoms with Gasteiger partial charge in [-0.15, -0.1) is 0 Å². The van der Waals surface area contributed by atoms with Gasteiger partial charge in [0.15, 0.2) is 25.0 Å². The lowest BCUT2D eigenvalue weighted by molar-refractivity contribution is -0.200. The average molecular weight is 485 g/mol. The SMILES string of the molecule is CCCCC(C)(C)C(C=C[C@@H]1[C@@H]2[C@H](C[C@H]1OC1CCCCO1)OC(O)[C@H]2F)OC1CCCCO1. The number of halogens is 1. The number of aliphatic hydroxyl groups is 1. The zero-order chi connectivity index (χ0) is 24.1. The predicted octanol–water partition coefficient (Wildman–Crippen LogP) is 5.27. The normalized spacial score (nSPS) is 40.0. The number of rotatable bonds is 10. The van der Waals surface area contributed by atoms with Crippen LogP contribution >= 0.6 is 0 Å². The minimum absolute atomic E-state index is 0.0883. The molecule has 6 nitrogen and oxygen atoms in total. The van der Waals surface area contributed by atoms with Gasteiger partial charge < -0.3 is 28.8 Å². The van der Waals surface area contributed by atoms with E-state index in [0.717, 1.165) is 64.4 Å². The van der Waals surface area contributed by atoms with Crippen molar-refractivity contribution >= 4 is 0 Å². The highest BCUT2D eigenvalue weighted by atomic mass is 19.1. The summed E-state index contributed by atoms with van der Waals surface area (Å²) in [7, 11) is 0. The highest BCUT2D eigenvalue weighted by Gasteiger charge is 2.55. The molecule has 4 aliphatic rings. The zero-order valence-corrected chi connectivity index (χ0v) is 21.2. The Hall–Kier alpha value is -0.570. The summed E-state index contributed by atoms with van der Waals surface area (Å²) in [5.74, 6) is -0.631. The summed E-state index contributed by atoms with van der Waals surface area (Å²) in [6.45, 7) is 8.12. The smallest absolute Gasteiger partial charge is 0.186 e. The zero-order valence-electron chi connectivity index (χ0n) is 21.2. The quantitative estimate of drug-likeness (QED) is 0.426. The van der Waals surface area contributed by atoms with E-state index in [4.69, 9.17) is 23.7 Å². The molecule has 4 fully saturated rings. The number of ether oxygens (including phenoxy) is 5. The molecule has 196 valence electrons. The number of unbranched alkanes of at least 4 members (excludes halogenated alkanes) is 1. The fourth-order valence-electron chi connectivity index (χ4n) is 5.93. The Balaban J connectivity index is 1.52. The van der Waals surface area contributed by atoms with Crippen LogP contribution in [0.2, 0.25) is 0 Å². The van der Waals surface area contributed by atoms with Crippen LogP contribution in [0.25, 0.3) is 0 Å². The second kappa shape index (κ2) is 12.1. The lowest BCUT2D eigenvalue weighted by Gasteiger charge is -2.36. The minimum Gasteiger partial charge on any atom is -0.366 e. The third-order valence-corrected chi connectivity index (χ3v) is 8.08. The van der Waals surface area contributed by atoms with E-state index in [2.05, 4.69) is 32.9 Å². The van der Waals surface area contributed by atoms with Gasteiger partial charge in [-0.05, 0) is 50.4 Å². The largest absolute Gasteiger partial charge is 0.366 e. The van der Waals surface area contributed by atoms with E-state index in [9.17, 15) is 5.11 Å². The summed E-state index contributed by atoms with van der Waals surface area (Å²) in [6.07, 6.45) is 10.2. The van der Waals surface area contributed by atoms with Gasteiger partial charge in [0.2, 0.25) is 0 Å². The van der Waals surface area contributed by atoms with E-state index < -0.39 is 18.4 Å². The highest BCUT2D eigenvalue weighted by molar-refractivity contribution is 5.11. The average Bonchev–Trinajstić information content (AvgIpc) is 3.30. The standard InChI is InChI=1S/C27H45FO6/c1-4-5-14-27(2,3)21(34-23-11-7-9-16-31-23)13-12-18-19(32-22-10-6-8-15-30-22)17-20-24(18)25(28)26(29)33-20/h12-13,18-26,29H,4-11,14-17H2,1-3H3/t18-,19+,20-,21?,22?,23?,24+,25-,26?/m0/s1. The molecule has 3 heterocycles. The van der Waals surface area contributed by atoms with Crippen LogP contribution in [0.3, 0.4) is 0 Å². The van der Waals surface area contributed by atoms with Crippen LogP contribution in [0, 0.1) is 17.3 Å². The summed E-state index contributed by atoms with van der Waals surface area (Å²) >= 11 is 0. The summed E-state index contributed by atoms with van der Waals surface area (Å²) in [6, 6.07) is 0. The minimum atomic E-state index is -1.42. The molecule has 3 aliphatic heterocycles. The topological polar surface area (TPSA) is 66.4 Å². The maximum Gasteiger partial charge on any atom is 0.186 e. The number of fused-ring (bicyclic) bond motifs is 1. The molecule has 0 aromatic carbocycles. The van der Waals surface area contributed by atoms with E-state index >= 15 is 4.39 Å². The fourth-order valence-corrected chi connectivity index (χ4v) is 5.93. The van der Waals surface area contributed by atoms with Crippen molar-refractivity contribution in [3.05, 3.63) is 12.2 Å². The Morgan fingerprint density at radius 1 is 1.09 bits per heavy atom. The second-order valence-electron chi connectivity index (χ2n) is 11.2. The number of alkyl halides is 1. The molecule has 0 radical (unpaired) electrons. The van der Waals surface area contributed by atoms with Gasteiger partial charge in [-0.25, -0.2) is 4.39 Å². The van der Waals surface area contributed by atoms with E-state index in [1.54, 1.807) is 0 Å². The molecule has 3 saturated heterocycles. The Morgan fingerprint density at radius 3 is 2.44 bits per heavy atom. The van der Waals surface area contributed by atoms with Crippen molar-refractivity contribution in [2.24, 2.45) is 17.3 Å². The van der Waals surface area contributed by atoms with E-state index in [1.807, 2.05) is 0 Å². The summed E-state index contributed by atoms with van der Waals surface area (Å²) in [5.41, 5.74) is -0.0883. The molecule has 0 bridgehead atoms. The van der Waals surface area contributed by atoms with E-state index in [-0.39, 0.29) is 42.2 Å². The van der Waals surface area contributed by atoms with Gasteiger partial charge in [-0.3, -0.25) is 0 Å². The van der Waals surface area contributed by atoms with Crippen LogP contribution < -0.4 is 0 Å². The molecule has 7 heteroatoms. The van der Waals surface area contributed by atoms with Crippen molar-refractivity contribution in [1.29, 1.82) is 0 Å². The van der Waals surface area contributed by atoms with Gasteiger partial charge in [-0.2, -0.15) is 0 Å². The van der Waals surface area contributed by atoms with Crippen LogP contribution in [0.5, 0.6) is 0 Å². The number of hydrogen-bond acceptors (Lipinski definition) is 6. The van der Waals surface area contributed by atoms with Gasteiger partial charge in [0.1, 0.15) is 0 Å². The Morgan fingerprint density at radius 2 is 1.79 bits per heavy atom. The second-order valence-corrected chi connectivity index (χ2v) is 11.2. The van der Waals surface area contributed by atoms with Crippen molar-refractivity contribution in [2.45, 2.75) is 128 Å². The van der Waals surface area contributed by atoms with Gasteiger partial charge in [-0.1, -0.05) is 45.8 Å². The first-order chi connectivity index (χ1) is 16.4. The van der Waals surface area contributed by atoms with Gasteiger partial charge in [0, 0.05) is 31.5 Å². The fraction of sp³-hybridized carbons (Fsp3) is 0.926. The van der Waals surface area contributed by atoms with Crippen LogP contribution in [0.4, 0.5) is 4.39 Å². The van der Waals surface area contributed by atoms with Crippen molar-refractivity contribution in [3.63, 3.8) is 0 Å². The molecule has 4 rings (SSSR count). The monoisotopic (exact) mass is 484 g/mol. The maximum atomic E-state index is 15.0. The molecule has 0 amide bonds. The lowest BCUT2D eigenvalue weighted by Crippen LogP contribution is -2.37. The van der Waals surface area contributed by atoms with Gasteiger partial charge in [0.25, 0.3) is 0 Å². The van der Waals surface area contributed by atoms with Crippen LogP contribution in [0.15, 0.2) is 12.2 Å². The summed E-state index contributed by atoms with van der Waals surface area (Å²) in [4.78, 5) is 0. The molecule has 0 aromatic heterocycles. The third kappa shape index (κ3) is 6.40. The van der Waals surface area contributed by atoms with Crippen LogP contribution in [-0.2, 0) is 23.7 Å². The summed E-state index contributed by atoms with van der Waals surface area (Å²) in [5, 5.41) is 10.0. The molecule has 1 saturated carbocycles. The van der Waals surface area contributed by atoms with Crippen molar-refractivity contribution < 1.29 is 33.2 Å². The Bertz CT molecular complexity index is 645. The third-order valence-electron chi connectivity index (χ3n) is 8.08. The molecule has 0 aromatic rings. The number of aliphatic hydroxyl groups excluding tert-OH is 1. The molecule has 4 unspecified atom stereocenters. The molecule has 1 aliphatic carbocycles. The van der Waals surface area contributed by atoms with Crippen molar-refractivity contribution in [1.82, 2.24) is 0 Å². The molecule has 9 atom stereocenters. The Labute approximate surface area is 204 Å². The maximum absolute atomic E-state index is 15.0. The van der Waals surface area contributed by atoms with E-state index in [1.165, 1.54) is 0 Å². The summed E-state index contributed by atoms with van der Waals surface area (Å²) < 4.78 is 45.2. The molecule has 0 spiro atoms. The van der Waals surface area contributed by atoms with Gasteiger partial charge in [0.05, 0.1) is 18.3 Å². The predicted molar refractivity (Wildman–Crippen MR) is 127 cm³/mol. The number of hydrogen-bond donors (Lipinski definition) is 1. The van der Waals surface area contributed by atoms with Crippen LogP contribution in [0.1, 0.15) is 85.0 Å². The first kappa shape index (κ1) is 26.5. The van der Waals surface area contributed by atoms with Gasteiger partial charge >= 0.3 is 0 Å². The molecule has 1 N–H and O–H groups in total. The van der Waals surface area contributed by atoms with Crippen molar-refractivity contribution in [3.8, 4) is 0 Å². The molecule has 34 heavy (non-hydrogen) atoms. The Kier molecular flexibility index (Phi) is 9.44. The lowest BCUT2D eigenvalue weighted by atomic mass is 9.80. The van der Waals surface area contributed by atoms with Crippen LogP contribution in [-0.4, -0.2) is 61.7 Å². The highest BCUT2D eigenvalue weighted by Crippen LogP contribution is 2.47.